The maximum absolute atomic E-state index is 13.2. The van der Waals surface area contributed by atoms with Crippen LogP contribution in [0.4, 0.5) is 17.1 Å². The first-order chi connectivity index (χ1) is 15.7. The van der Waals surface area contributed by atoms with Gasteiger partial charge in [0, 0.05) is 57.4 Å². The molecule has 1 aliphatic heterocycles. The van der Waals surface area contributed by atoms with E-state index in [0.29, 0.717) is 30.0 Å². The van der Waals surface area contributed by atoms with Gasteiger partial charge in [-0.25, -0.2) is 8.42 Å². The molecule has 0 radical (unpaired) electrons. The third-order valence-corrected chi connectivity index (χ3v) is 6.86. The van der Waals surface area contributed by atoms with E-state index in [1.165, 1.54) is 31.2 Å². The molecule has 2 aromatic rings. The highest BCUT2D eigenvalue weighted by atomic mass is 32.2. The Labute approximate surface area is 195 Å². The van der Waals surface area contributed by atoms with Crippen molar-refractivity contribution in [1.29, 1.82) is 0 Å². The average molecular weight is 474 g/mol. The zero-order chi connectivity index (χ0) is 24.0. The SMILES string of the molecule is CCN(CC)C(=O)c1ccc(N2CCNCC2)c(NS(=O)(=O)c2ccc(NC(C)=O)cc2)c1. The molecule has 0 aromatic heterocycles. The Balaban J connectivity index is 1.96. The zero-order valence-electron chi connectivity index (χ0n) is 19.2. The Morgan fingerprint density at radius 1 is 1.03 bits per heavy atom. The lowest BCUT2D eigenvalue weighted by Crippen LogP contribution is -2.43. The van der Waals surface area contributed by atoms with E-state index in [9.17, 15) is 18.0 Å². The second-order valence-corrected chi connectivity index (χ2v) is 9.44. The fraction of sp³-hybridized carbons (Fsp3) is 0.391. The summed E-state index contributed by atoms with van der Waals surface area (Å²) in [6.45, 7) is 9.36. The van der Waals surface area contributed by atoms with E-state index in [2.05, 4.69) is 20.3 Å². The summed E-state index contributed by atoms with van der Waals surface area (Å²) in [7, 11) is -3.92. The van der Waals surface area contributed by atoms with Gasteiger partial charge in [-0.05, 0) is 56.3 Å². The molecule has 0 aliphatic carbocycles. The van der Waals surface area contributed by atoms with Crippen LogP contribution >= 0.6 is 0 Å². The molecule has 0 bridgehead atoms. The average Bonchev–Trinajstić information content (AvgIpc) is 2.80. The van der Waals surface area contributed by atoms with Crippen LogP contribution in [0.3, 0.4) is 0 Å². The van der Waals surface area contributed by atoms with E-state index in [1.807, 2.05) is 13.8 Å². The lowest BCUT2D eigenvalue weighted by molar-refractivity contribution is -0.114. The van der Waals surface area contributed by atoms with Gasteiger partial charge in [0.15, 0.2) is 0 Å². The molecule has 1 heterocycles. The van der Waals surface area contributed by atoms with E-state index >= 15 is 0 Å². The van der Waals surface area contributed by atoms with Crippen LogP contribution in [0.5, 0.6) is 0 Å². The van der Waals surface area contributed by atoms with E-state index in [0.717, 1.165) is 31.9 Å². The van der Waals surface area contributed by atoms with E-state index in [-0.39, 0.29) is 16.7 Å². The van der Waals surface area contributed by atoms with Gasteiger partial charge in [-0.15, -0.1) is 0 Å². The summed E-state index contributed by atoms with van der Waals surface area (Å²) in [5.74, 6) is -0.383. The highest BCUT2D eigenvalue weighted by molar-refractivity contribution is 7.92. The fourth-order valence-corrected chi connectivity index (χ4v) is 4.82. The molecule has 1 fully saturated rings. The lowest BCUT2D eigenvalue weighted by Gasteiger charge is -2.31. The summed E-state index contributed by atoms with van der Waals surface area (Å²) in [6, 6.07) is 11.1. The van der Waals surface area contributed by atoms with Crippen LogP contribution in [-0.2, 0) is 14.8 Å². The van der Waals surface area contributed by atoms with Crippen molar-refractivity contribution in [3.05, 3.63) is 48.0 Å². The van der Waals surface area contributed by atoms with Crippen molar-refractivity contribution in [3.8, 4) is 0 Å². The minimum Gasteiger partial charge on any atom is -0.367 e. The summed E-state index contributed by atoms with van der Waals surface area (Å²) >= 11 is 0. The molecule has 0 atom stereocenters. The highest BCUT2D eigenvalue weighted by Crippen LogP contribution is 2.30. The van der Waals surface area contributed by atoms with E-state index < -0.39 is 10.0 Å². The predicted molar refractivity (Wildman–Crippen MR) is 130 cm³/mol. The van der Waals surface area contributed by atoms with Crippen molar-refractivity contribution < 1.29 is 18.0 Å². The summed E-state index contributed by atoms with van der Waals surface area (Å²) in [5, 5.41) is 5.90. The summed E-state index contributed by atoms with van der Waals surface area (Å²) in [6.07, 6.45) is 0. The molecule has 9 nitrogen and oxygen atoms in total. The maximum Gasteiger partial charge on any atom is 0.261 e. The number of anilines is 3. The maximum atomic E-state index is 13.2. The van der Waals surface area contributed by atoms with Gasteiger partial charge in [0.25, 0.3) is 15.9 Å². The van der Waals surface area contributed by atoms with Crippen LogP contribution in [0.2, 0.25) is 0 Å². The normalized spacial score (nSPS) is 14.0. The molecule has 0 spiro atoms. The number of nitrogens with zero attached hydrogens (tertiary/aromatic N) is 2. The molecule has 10 heteroatoms. The van der Waals surface area contributed by atoms with E-state index in [1.54, 1.807) is 23.1 Å². The minimum atomic E-state index is -3.92. The van der Waals surface area contributed by atoms with Crippen LogP contribution in [0.15, 0.2) is 47.4 Å². The lowest BCUT2D eigenvalue weighted by atomic mass is 10.1. The van der Waals surface area contributed by atoms with Crippen LogP contribution in [0, 0.1) is 0 Å². The summed E-state index contributed by atoms with van der Waals surface area (Å²) in [5.41, 5.74) is 2.03. The monoisotopic (exact) mass is 473 g/mol. The molecule has 3 rings (SSSR count). The Hall–Kier alpha value is -3.11. The number of amides is 2. The second kappa shape index (κ2) is 10.7. The van der Waals surface area contributed by atoms with Crippen LogP contribution in [0.25, 0.3) is 0 Å². The number of carbonyl (C=O) groups is 2. The highest BCUT2D eigenvalue weighted by Gasteiger charge is 2.22. The number of hydrogen-bond acceptors (Lipinski definition) is 6. The molecular formula is C23H31N5O4S. The van der Waals surface area contributed by atoms with Crippen molar-refractivity contribution in [2.24, 2.45) is 0 Å². The summed E-state index contributed by atoms with van der Waals surface area (Å²) in [4.78, 5) is 28.0. The largest absolute Gasteiger partial charge is 0.367 e. The Bertz CT molecular complexity index is 1090. The standard InChI is InChI=1S/C23H31N5O4S/c1-4-27(5-2)23(30)18-6-11-22(28-14-12-24-13-15-28)21(16-18)26-33(31,32)20-9-7-19(8-10-20)25-17(3)29/h6-11,16,24,26H,4-5,12-15H2,1-3H3,(H,25,29). The zero-order valence-corrected chi connectivity index (χ0v) is 20.0. The number of piperazine rings is 1. The number of benzene rings is 2. The van der Waals surface area contributed by atoms with Gasteiger partial charge >= 0.3 is 0 Å². The summed E-state index contributed by atoms with van der Waals surface area (Å²) < 4.78 is 29.0. The molecule has 2 amide bonds. The van der Waals surface area contributed by atoms with Crippen molar-refractivity contribution >= 4 is 38.9 Å². The fourth-order valence-electron chi connectivity index (χ4n) is 3.75. The van der Waals surface area contributed by atoms with Crippen LogP contribution in [0.1, 0.15) is 31.1 Å². The third kappa shape index (κ3) is 6.02. The molecule has 3 N–H and O–H groups in total. The van der Waals surface area contributed by atoms with Crippen LogP contribution < -0.4 is 20.3 Å². The first-order valence-electron chi connectivity index (χ1n) is 11.0. The molecule has 0 unspecified atom stereocenters. The predicted octanol–water partition coefficient (Wildman–Crippen LogP) is 2.34. The van der Waals surface area contributed by atoms with Crippen molar-refractivity contribution in [1.82, 2.24) is 10.2 Å². The Morgan fingerprint density at radius 3 is 2.24 bits per heavy atom. The van der Waals surface area contributed by atoms with Crippen molar-refractivity contribution in [2.45, 2.75) is 25.7 Å². The van der Waals surface area contributed by atoms with Crippen LogP contribution in [-0.4, -0.2) is 64.4 Å². The van der Waals surface area contributed by atoms with Gasteiger partial charge in [0.05, 0.1) is 16.3 Å². The van der Waals surface area contributed by atoms with Gasteiger partial charge < -0.3 is 20.4 Å². The molecule has 0 saturated carbocycles. The quantitative estimate of drug-likeness (QED) is 0.543. The van der Waals surface area contributed by atoms with Gasteiger partial charge in [-0.2, -0.15) is 0 Å². The van der Waals surface area contributed by atoms with Gasteiger partial charge in [-0.1, -0.05) is 0 Å². The van der Waals surface area contributed by atoms with E-state index in [4.69, 9.17) is 0 Å². The molecule has 33 heavy (non-hydrogen) atoms. The van der Waals surface area contributed by atoms with Gasteiger partial charge in [-0.3, -0.25) is 14.3 Å². The number of nitrogens with one attached hydrogen (secondary N) is 3. The molecule has 1 aliphatic rings. The number of rotatable bonds is 8. The number of carbonyl (C=O) groups excluding carboxylic acids is 2. The number of sulfonamides is 1. The third-order valence-electron chi connectivity index (χ3n) is 5.48. The molecule has 2 aromatic carbocycles. The first-order valence-corrected chi connectivity index (χ1v) is 12.5. The topological polar surface area (TPSA) is 111 Å². The Kier molecular flexibility index (Phi) is 7.93. The molecule has 178 valence electrons. The first kappa shape index (κ1) is 24.5. The second-order valence-electron chi connectivity index (χ2n) is 7.76. The van der Waals surface area contributed by atoms with Crippen molar-refractivity contribution in [3.63, 3.8) is 0 Å². The van der Waals surface area contributed by atoms with Gasteiger partial charge in [0.2, 0.25) is 5.91 Å². The number of hydrogen-bond donors (Lipinski definition) is 3. The minimum absolute atomic E-state index is 0.0586. The van der Waals surface area contributed by atoms with Gasteiger partial charge in [0.1, 0.15) is 0 Å². The molecule has 1 saturated heterocycles. The van der Waals surface area contributed by atoms with Crippen molar-refractivity contribution in [2.75, 3.05) is 54.2 Å². The Morgan fingerprint density at radius 2 is 1.67 bits per heavy atom. The smallest absolute Gasteiger partial charge is 0.261 e. The molecular weight excluding hydrogens is 442 g/mol.